The number of rotatable bonds is 1. The minimum absolute atomic E-state index is 0.0960. The molecule has 0 aliphatic rings. The van der Waals surface area contributed by atoms with Crippen LogP contribution in [0.15, 0.2) is 12.1 Å². The molecule has 0 saturated carbocycles. The van der Waals surface area contributed by atoms with Gasteiger partial charge in [-0.2, -0.15) is 4.73 Å². The van der Waals surface area contributed by atoms with Gasteiger partial charge in [0.15, 0.2) is 5.49 Å². The monoisotopic (exact) mass is 167 g/mol. The number of pyridine rings is 1. The molecule has 2 N–H and O–H groups in total. The Bertz CT molecular complexity index is 341. The molecule has 66 valence electrons. The minimum Gasteiger partial charge on any atom is -0.427 e. The molecule has 0 radical (unpaired) electrons. The van der Waals surface area contributed by atoms with Crippen LogP contribution in [0.5, 0.6) is 0 Å². The molecule has 12 heavy (non-hydrogen) atoms. The summed E-state index contributed by atoms with van der Waals surface area (Å²) in [5.74, 6) is 0. The van der Waals surface area contributed by atoms with Crippen molar-refractivity contribution >= 4 is 5.69 Å². The number of hydrogen-bond acceptors (Lipinski definition) is 3. The first-order valence-electron chi connectivity index (χ1n) is 3.67. The van der Waals surface area contributed by atoms with Crippen LogP contribution in [-0.4, -0.2) is 24.0 Å². The van der Waals surface area contributed by atoms with Gasteiger partial charge < -0.3 is 10.1 Å². The van der Waals surface area contributed by atoms with E-state index in [0.29, 0.717) is 5.69 Å². The maximum absolute atomic E-state index is 9.22. The Balaban J connectivity index is 3.31. The zero-order chi connectivity index (χ0) is 9.30. The topological polar surface area (TPSA) is 52.2 Å². The number of anilines is 1. The molecule has 1 heterocycles. The summed E-state index contributed by atoms with van der Waals surface area (Å²) in [5.41, 5.74) is 1.67. The van der Waals surface area contributed by atoms with Crippen LogP contribution in [0.25, 0.3) is 0 Å². The fraction of sp³-hybridized carbons (Fsp3) is 0.375. The van der Waals surface area contributed by atoms with Crippen molar-refractivity contribution in [3.63, 3.8) is 0 Å². The third-order valence-electron chi connectivity index (χ3n) is 1.72. The fourth-order valence-corrected chi connectivity index (χ4v) is 0.966. The summed E-state index contributed by atoms with van der Waals surface area (Å²) in [4.78, 5) is 1.89. The third-order valence-corrected chi connectivity index (χ3v) is 1.72. The molecule has 0 aromatic carbocycles. The van der Waals surface area contributed by atoms with Gasteiger partial charge >= 0.3 is 0 Å². The number of aryl methyl sites for hydroxylation is 1. The molecule has 0 aliphatic carbocycles. The van der Waals surface area contributed by atoms with Gasteiger partial charge in [-0.15, -0.1) is 0 Å². The van der Waals surface area contributed by atoms with Gasteiger partial charge in [0.1, 0.15) is 0 Å². The van der Waals surface area contributed by atoms with Crippen LogP contribution < -0.4 is 10.4 Å². The predicted octanol–water partition coefficient (Wildman–Crippen LogP) is 0.579. The number of aromatic nitrogens is 1. The van der Waals surface area contributed by atoms with Gasteiger partial charge in [-0.3, -0.25) is 5.41 Å². The van der Waals surface area contributed by atoms with Crippen molar-refractivity contribution in [2.45, 2.75) is 6.92 Å². The summed E-state index contributed by atoms with van der Waals surface area (Å²) < 4.78 is 0.854. The number of hydrogen-bond donors (Lipinski definition) is 2. The molecule has 0 fully saturated rings. The highest BCUT2D eigenvalue weighted by Crippen LogP contribution is 2.08. The van der Waals surface area contributed by atoms with Crippen LogP contribution in [0.4, 0.5) is 5.69 Å². The van der Waals surface area contributed by atoms with Crippen molar-refractivity contribution < 1.29 is 5.21 Å². The molecule has 1 rings (SSSR count). The van der Waals surface area contributed by atoms with Crippen LogP contribution in [0.2, 0.25) is 0 Å². The van der Waals surface area contributed by atoms with Crippen molar-refractivity contribution in [2.75, 3.05) is 19.0 Å². The average molecular weight is 167 g/mol. The number of nitrogens with one attached hydrogen (secondary N) is 1. The summed E-state index contributed by atoms with van der Waals surface area (Å²) in [6.07, 6.45) is 0. The molecule has 0 saturated heterocycles. The van der Waals surface area contributed by atoms with Crippen LogP contribution in [0.3, 0.4) is 0 Å². The first-order chi connectivity index (χ1) is 5.52. The van der Waals surface area contributed by atoms with E-state index in [9.17, 15) is 5.21 Å². The lowest BCUT2D eigenvalue weighted by Crippen LogP contribution is -2.22. The Labute approximate surface area is 71.1 Å². The lowest BCUT2D eigenvalue weighted by Gasteiger charge is -2.13. The summed E-state index contributed by atoms with van der Waals surface area (Å²) in [7, 11) is 3.80. The SMILES string of the molecule is Cc1cc(N(C)C)cc(=N)n1O. The van der Waals surface area contributed by atoms with Crippen LogP contribution in [0, 0.1) is 12.3 Å². The summed E-state index contributed by atoms with van der Waals surface area (Å²) in [6.45, 7) is 1.76. The molecule has 0 bridgehead atoms. The zero-order valence-electron chi connectivity index (χ0n) is 7.50. The lowest BCUT2D eigenvalue weighted by molar-refractivity contribution is 0.164. The van der Waals surface area contributed by atoms with Crippen LogP contribution in [0.1, 0.15) is 5.69 Å². The average Bonchev–Trinajstić information content (AvgIpc) is 1.99. The van der Waals surface area contributed by atoms with Gasteiger partial charge in [-0.1, -0.05) is 0 Å². The second-order valence-electron chi connectivity index (χ2n) is 2.95. The Kier molecular flexibility index (Phi) is 2.08. The smallest absolute Gasteiger partial charge is 0.162 e. The zero-order valence-corrected chi connectivity index (χ0v) is 7.50. The van der Waals surface area contributed by atoms with Gasteiger partial charge in [0, 0.05) is 25.8 Å². The normalized spacial score (nSPS) is 9.92. The second kappa shape index (κ2) is 2.89. The van der Waals surface area contributed by atoms with Gasteiger partial charge in [0.25, 0.3) is 0 Å². The summed E-state index contributed by atoms with van der Waals surface area (Å²) in [5, 5.41) is 16.6. The van der Waals surface area contributed by atoms with E-state index in [4.69, 9.17) is 5.41 Å². The summed E-state index contributed by atoms with van der Waals surface area (Å²) in [6, 6.07) is 3.42. The third kappa shape index (κ3) is 1.42. The minimum atomic E-state index is 0.0960. The molecular weight excluding hydrogens is 154 g/mol. The van der Waals surface area contributed by atoms with E-state index in [-0.39, 0.29) is 5.49 Å². The van der Waals surface area contributed by atoms with Gasteiger partial charge in [0.05, 0.1) is 5.69 Å². The van der Waals surface area contributed by atoms with Crippen LogP contribution in [-0.2, 0) is 0 Å². The molecule has 0 atom stereocenters. The lowest BCUT2D eigenvalue weighted by atomic mass is 10.3. The molecule has 1 aromatic heterocycles. The van der Waals surface area contributed by atoms with E-state index >= 15 is 0 Å². The fourth-order valence-electron chi connectivity index (χ4n) is 0.966. The van der Waals surface area contributed by atoms with E-state index < -0.39 is 0 Å². The molecule has 1 aromatic rings. The quantitative estimate of drug-likeness (QED) is 0.601. The van der Waals surface area contributed by atoms with Crippen molar-refractivity contribution in [3.8, 4) is 0 Å². The van der Waals surface area contributed by atoms with E-state index in [1.807, 2.05) is 25.1 Å². The Morgan fingerprint density at radius 3 is 2.42 bits per heavy atom. The molecule has 0 amide bonds. The maximum atomic E-state index is 9.22. The molecule has 0 unspecified atom stereocenters. The molecule has 0 aliphatic heterocycles. The van der Waals surface area contributed by atoms with E-state index in [2.05, 4.69) is 0 Å². The van der Waals surface area contributed by atoms with Crippen molar-refractivity contribution in [3.05, 3.63) is 23.3 Å². The number of nitrogens with zero attached hydrogens (tertiary/aromatic N) is 2. The standard InChI is InChI=1S/C8H13N3O/c1-6-4-7(10(2)3)5-8(9)11(6)12/h4-5,9,12H,1-3H3. The Morgan fingerprint density at radius 1 is 1.42 bits per heavy atom. The highest BCUT2D eigenvalue weighted by Gasteiger charge is 1.99. The molecule has 4 heteroatoms. The van der Waals surface area contributed by atoms with Gasteiger partial charge in [0.2, 0.25) is 0 Å². The summed E-state index contributed by atoms with van der Waals surface area (Å²) >= 11 is 0. The van der Waals surface area contributed by atoms with E-state index in [0.717, 1.165) is 10.4 Å². The van der Waals surface area contributed by atoms with E-state index in [1.165, 1.54) is 0 Å². The molecular formula is C8H13N3O. The van der Waals surface area contributed by atoms with E-state index in [1.54, 1.807) is 13.0 Å². The maximum Gasteiger partial charge on any atom is 0.162 e. The molecule has 0 spiro atoms. The second-order valence-corrected chi connectivity index (χ2v) is 2.95. The first kappa shape index (κ1) is 8.64. The molecule has 4 nitrogen and oxygen atoms in total. The Morgan fingerprint density at radius 2 is 2.00 bits per heavy atom. The van der Waals surface area contributed by atoms with Gasteiger partial charge in [-0.25, -0.2) is 0 Å². The van der Waals surface area contributed by atoms with Crippen molar-refractivity contribution in [2.24, 2.45) is 0 Å². The predicted molar refractivity (Wildman–Crippen MR) is 46.5 cm³/mol. The van der Waals surface area contributed by atoms with Gasteiger partial charge in [-0.05, 0) is 13.0 Å². The van der Waals surface area contributed by atoms with Crippen LogP contribution >= 0.6 is 0 Å². The van der Waals surface area contributed by atoms with Crippen molar-refractivity contribution in [1.82, 2.24) is 4.73 Å². The Hall–Kier alpha value is -1.45. The highest BCUT2D eigenvalue weighted by atomic mass is 16.5. The largest absolute Gasteiger partial charge is 0.427 e. The van der Waals surface area contributed by atoms with Crippen molar-refractivity contribution in [1.29, 1.82) is 5.41 Å². The first-order valence-corrected chi connectivity index (χ1v) is 3.67. The highest BCUT2D eigenvalue weighted by molar-refractivity contribution is 5.44.